The van der Waals surface area contributed by atoms with E-state index in [4.69, 9.17) is 23.2 Å². The van der Waals surface area contributed by atoms with Crippen molar-refractivity contribution in [3.8, 4) is 0 Å². The second-order valence-corrected chi connectivity index (χ2v) is 6.77. The van der Waals surface area contributed by atoms with Gasteiger partial charge in [0.05, 0.1) is 0 Å². The van der Waals surface area contributed by atoms with Gasteiger partial charge in [0, 0.05) is 23.3 Å². The van der Waals surface area contributed by atoms with E-state index < -0.39 is 0 Å². The van der Waals surface area contributed by atoms with Crippen LogP contribution in [0.2, 0.25) is 10.3 Å². The van der Waals surface area contributed by atoms with Crippen LogP contribution in [0.3, 0.4) is 0 Å². The minimum absolute atomic E-state index is 0.307. The zero-order chi connectivity index (χ0) is 14.8. The van der Waals surface area contributed by atoms with Crippen LogP contribution >= 0.6 is 35.0 Å². The van der Waals surface area contributed by atoms with E-state index in [0.717, 1.165) is 23.3 Å². The van der Waals surface area contributed by atoms with Gasteiger partial charge < -0.3 is 0 Å². The lowest BCUT2D eigenvalue weighted by Gasteiger charge is -2.04. The van der Waals surface area contributed by atoms with Crippen molar-refractivity contribution in [3.63, 3.8) is 0 Å². The Morgan fingerprint density at radius 1 is 1.14 bits per heavy atom. The van der Waals surface area contributed by atoms with Crippen LogP contribution in [0.15, 0.2) is 40.4 Å². The number of halogens is 2. The van der Waals surface area contributed by atoms with E-state index in [0.29, 0.717) is 33.6 Å². The van der Waals surface area contributed by atoms with Crippen LogP contribution in [0.4, 0.5) is 0 Å². The summed E-state index contributed by atoms with van der Waals surface area (Å²) in [6.45, 7) is 0. The molecule has 21 heavy (non-hydrogen) atoms. The highest BCUT2D eigenvalue weighted by molar-refractivity contribution is 7.99. The molecule has 3 rings (SSSR count). The maximum atomic E-state index is 11.8. The van der Waals surface area contributed by atoms with Crippen LogP contribution in [-0.4, -0.2) is 15.8 Å². The van der Waals surface area contributed by atoms with Crippen molar-refractivity contribution in [2.75, 3.05) is 0 Å². The first kappa shape index (κ1) is 14.8. The van der Waals surface area contributed by atoms with E-state index >= 15 is 0 Å². The summed E-state index contributed by atoms with van der Waals surface area (Å²) in [5.41, 5.74) is 1.04. The van der Waals surface area contributed by atoms with Gasteiger partial charge in [-0.05, 0) is 42.3 Å². The zero-order valence-corrected chi connectivity index (χ0v) is 13.4. The molecule has 6 heteroatoms. The number of carbonyl (C=O) groups is 1. The molecule has 3 nitrogen and oxygen atoms in total. The highest BCUT2D eigenvalue weighted by atomic mass is 35.5. The van der Waals surface area contributed by atoms with Gasteiger partial charge in [0.1, 0.15) is 16.1 Å². The molecule has 0 spiro atoms. The third-order valence-corrected chi connectivity index (χ3v) is 4.45. The number of rotatable bonds is 5. The zero-order valence-electron chi connectivity index (χ0n) is 11.1. The molecule has 108 valence electrons. The number of aromatic nitrogens is 2. The third-order valence-electron chi connectivity index (χ3n) is 3.19. The quantitative estimate of drug-likeness (QED) is 0.596. The highest BCUT2D eigenvalue weighted by Crippen LogP contribution is 2.31. The molecule has 0 atom stereocenters. The largest absolute Gasteiger partial charge is 0.299 e. The van der Waals surface area contributed by atoms with Crippen molar-refractivity contribution >= 4 is 40.7 Å². The van der Waals surface area contributed by atoms with Gasteiger partial charge in [0.2, 0.25) is 0 Å². The fourth-order valence-electron chi connectivity index (χ4n) is 1.95. The lowest BCUT2D eigenvalue weighted by molar-refractivity contribution is -0.119. The normalized spacial score (nSPS) is 14.2. The topological polar surface area (TPSA) is 42.9 Å². The number of benzene rings is 1. The van der Waals surface area contributed by atoms with Crippen molar-refractivity contribution in [3.05, 3.63) is 46.2 Å². The molecule has 0 saturated heterocycles. The predicted molar refractivity (Wildman–Crippen MR) is 84.1 cm³/mol. The molecule has 1 aliphatic rings. The van der Waals surface area contributed by atoms with Gasteiger partial charge in [-0.3, -0.25) is 4.79 Å². The van der Waals surface area contributed by atoms with Gasteiger partial charge >= 0.3 is 0 Å². The molecule has 1 aromatic heterocycles. The van der Waals surface area contributed by atoms with Crippen molar-refractivity contribution in [2.24, 2.45) is 5.92 Å². The molecule has 0 N–H and O–H groups in total. The number of Topliss-reactive ketones (excluding diaryl/α,β-unsaturated/α-hetero) is 1. The number of hydrogen-bond acceptors (Lipinski definition) is 4. The first-order chi connectivity index (χ1) is 10.1. The summed E-state index contributed by atoms with van der Waals surface area (Å²) in [6, 6.07) is 9.35. The maximum Gasteiger partial charge on any atom is 0.195 e. The molecular weight excluding hydrogens is 327 g/mol. The van der Waals surface area contributed by atoms with Crippen LogP contribution in [0.1, 0.15) is 18.4 Å². The molecule has 1 saturated carbocycles. The molecule has 0 radical (unpaired) electrons. The Hall–Kier alpha value is -1.10. The van der Waals surface area contributed by atoms with Gasteiger partial charge in [0.15, 0.2) is 5.16 Å². The summed E-state index contributed by atoms with van der Waals surface area (Å²) < 4.78 is 0. The first-order valence-corrected chi connectivity index (χ1v) is 8.17. The minimum atomic E-state index is 0.307. The van der Waals surface area contributed by atoms with E-state index in [1.54, 1.807) is 0 Å². The predicted octanol–water partition coefficient (Wildman–Crippen LogP) is 4.46. The van der Waals surface area contributed by atoms with Gasteiger partial charge in [-0.1, -0.05) is 35.3 Å². The minimum Gasteiger partial charge on any atom is -0.299 e. The smallest absolute Gasteiger partial charge is 0.195 e. The second-order valence-electron chi connectivity index (χ2n) is 4.96. The lowest BCUT2D eigenvalue weighted by atomic mass is 10.1. The molecule has 2 aromatic rings. The van der Waals surface area contributed by atoms with E-state index in [-0.39, 0.29) is 0 Å². The number of nitrogens with zero attached hydrogens (tertiary/aromatic N) is 2. The Morgan fingerprint density at radius 2 is 1.76 bits per heavy atom. The summed E-state index contributed by atoms with van der Waals surface area (Å²) >= 11 is 13.1. The molecular formula is C15H12Cl2N2OS. The molecule has 0 unspecified atom stereocenters. The van der Waals surface area contributed by atoms with Gasteiger partial charge in [-0.15, -0.1) is 0 Å². The highest BCUT2D eigenvalue weighted by Gasteiger charge is 2.28. The van der Waals surface area contributed by atoms with E-state index in [2.05, 4.69) is 9.97 Å². The van der Waals surface area contributed by atoms with Crippen LogP contribution in [0.5, 0.6) is 0 Å². The number of carbonyl (C=O) groups excluding carboxylic acids is 1. The molecule has 1 aromatic carbocycles. The van der Waals surface area contributed by atoms with E-state index in [1.807, 2.05) is 24.3 Å². The van der Waals surface area contributed by atoms with E-state index in [1.165, 1.54) is 17.8 Å². The Morgan fingerprint density at radius 3 is 2.33 bits per heavy atom. The average Bonchev–Trinajstić information content (AvgIpc) is 3.24. The Labute approximate surface area is 137 Å². The van der Waals surface area contributed by atoms with Gasteiger partial charge in [0.25, 0.3) is 0 Å². The molecule has 1 aliphatic carbocycles. The van der Waals surface area contributed by atoms with Gasteiger partial charge in [-0.25, -0.2) is 9.97 Å². The second kappa shape index (κ2) is 6.34. The van der Waals surface area contributed by atoms with Crippen LogP contribution < -0.4 is 0 Å². The van der Waals surface area contributed by atoms with Crippen molar-refractivity contribution in [1.29, 1.82) is 0 Å². The van der Waals surface area contributed by atoms with Crippen LogP contribution in [0, 0.1) is 5.92 Å². The summed E-state index contributed by atoms with van der Waals surface area (Å²) in [5, 5.41) is 1.16. The molecule has 1 heterocycles. The molecule has 1 fully saturated rings. The molecule has 0 bridgehead atoms. The summed E-state index contributed by atoms with van der Waals surface area (Å²) in [6.07, 6.45) is 2.63. The van der Waals surface area contributed by atoms with E-state index in [9.17, 15) is 4.79 Å². The summed E-state index contributed by atoms with van der Waals surface area (Å²) in [7, 11) is 0. The molecule has 0 amide bonds. The van der Waals surface area contributed by atoms with Crippen LogP contribution in [0.25, 0.3) is 0 Å². The van der Waals surface area contributed by atoms with Crippen molar-refractivity contribution in [2.45, 2.75) is 29.3 Å². The fraction of sp³-hybridized carbons (Fsp3) is 0.267. The number of ketones is 1. The summed E-state index contributed by atoms with van der Waals surface area (Å²) in [5.74, 6) is 0.654. The summed E-state index contributed by atoms with van der Waals surface area (Å²) in [4.78, 5) is 21.0. The average molecular weight is 339 g/mol. The SMILES string of the molecule is O=C(Cc1ccc(Sc2nc(Cl)cc(Cl)n2)cc1)C1CC1. The third kappa shape index (κ3) is 4.19. The number of hydrogen-bond donors (Lipinski definition) is 0. The monoisotopic (exact) mass is 338 g/mol. The molecule has 0 aliphatic heterocycles. The Kier molecular flexibility index (Phi) is 4.48. The Bertz CT molecular complexity index is 652. The van der Waals surface area contributed by atoms with Crippen molar-refractivity contribution in [1.82, 2.24) is 9.97 Å². The Balaban J connectivity index is 1.67. The van der Waals surface area contributed by atoms with Gasteiger partial charge in [-0.2, -0.15) is 0 Å². The standard InChI is InChI=1S/C15H12Cl2N2OS/c16-13-8-14(17)19-15(18-13)21-11-5-1-9(2-6-11)7-12(20)10-3-4-10/h1-2,5-6,8,10H,3-4,7H2. The lowest BCUT2D eigenvalue weighted by Crippen LogP contribution is -2.04. The first-order valence-electron chi connectivity index (χ1n) is 6.60. The fourth-order valence-corrected chi connectivity index (χ4v) is 3.24. The van der Waals surface area contributed by atoms with Crippen LogP contribution in [-0.2, 0) is 11.2 Å². The van der Waals surface area contributed by atoms with Crippen molar-refractivity contribution < 1.29 is 4.79 Å². The maximum absolute atomic E-state index is 11.8.